The number of nitrogens with one attached hydrogen (secondary N) is 1. The quantitative estimate of drug-likeness (QED) is 0.462. The average molecular weight is 450 g/mol. The first-order valence-electron chi connectivity index (χ1n) is 10.6. The highest BCUT2D eigenvalue weighted by atomic mass is 35.5. The van der Waals surface area contributed by atoms with Crippen LogP contribution in [0.4, 0.5) is 11.8 Å². The molecule has 0 fully saturated rings. The number of rotatable bonds is 7. The van der Waals surface area contributed by atoms with E-state index in [0.29, 0.717) is 24.9 Å². The minimum absolute atomic E-state index is 0.520. The highest BCUT2D eigenvalue weighted by Gasteiger charge is 2.26. The standard InChI is InChI=1S/C23H24ClN7O/c1-30-19(13-15-4-3-5-17(24)12-15)21-18(28-30)7-6-16-14-25-23(27-22(16)21)26-20-8-9-31(29-20)10-11-32-2/h3-5,8-9,12,14H,6-7,10-11,13H2,1-2H3,(H,25,26,27,29). The number of benzene rings is 1. The minimum Gasteiger partial charge on any atom is -0.383 e. The molecule has 1 aliphatic rings. The second-order valence-electron chi connectivity index (χ2n) is 7.85. The number of aromatic nitrogens is 6. The first-order valence-corrected chi connectivity index (χ1v) is 10.9. The van der Waals surface area contributed by atoms with Gasteiger partial charge in [-0.1, -0.05) is 23.7 Å². The lowest BCUT2D eigenvalue weighted by Crippen LogP contribution is -2.10. The molecule has 0 saturated heterocycles. The van der Waals surface area contributed by atoms with Crippen molar-refractivity contribution in [1.82, 2.24) is 29.5 Å². The Bertz CT molecular complexity index is 1260. The normalized spacial score (nSPS) is 12.5. The van der Waals surface area contributed by atoms with Crippen LogP contribution in [0.15, 0.2) is 42.7 Å². The van der Waals surface area contributed by atoms with E-state index in [9.17, 15) is 0 Å². The van der Waals surface area contributed by atoms with Crippen LogP contribution in [0.2, 0.25) is 5.02 Å². The number of anilines is 2. The van der Waals surface area contributed by atoms with Gasteiger partial charge in [-0.25, -0.2) is 9.97 Å². The third-order valence-corrected chi connectivity index (χ3v) is 5.87. The first-order chi connectivity index (χ1) is 15.6. The average Bonchev–Trinajstić information content (AvgIpc) is 3.36. The van der Waals surface area contributed by atoms with Gasteiger partial charge in [-0.2, -0.15) is 10.2 Å². The molecular formula is C23H24ClN7O. The maximum absolute atomic E-state index is 6.21. The van der Waals surface area contributed by atoms with Crippen LogP contribution in [-0.4, -0.2) is 43.2 Å². The predicted molar refractivity (Wildman–Crippen MR) is 123 cm³/mol. The third kappa shape index (κ3) is 4.11. The largest absolute Gasteiger partial charge is 0.383 e. The van der Waals surface area contributed by atoms with Crippen molar-refractivity contribution >= 4 is 23.4 Å². The Hall–Kier alpha value is -3.23. The molecule has 0 aliphatic heterocycles. The van der Waals surface area contributed by atoms with Gasteiger partial charge in [0.25, 0.3) is 0 Å². The van der Waals surface area contributed by atoms with Crippen molar-refractivity contribution in [3.05, 3.63) is 70.3 Å². The Morgan fingerprint density at radius 1 is 1.19 bits per heavy atom. The molecule has 0 radical (unpaired) electrons. The Morgan fingerprint density at radius 3 is 2.94 bits per heavy atom. The summed E-state index contributed by atoms with van der Waals surface area (Å²) >= 11 is 6.21. The number of methoxy groups -OCH3 is 1. The van der Waals surface area contributed by atoms with Crippen LogP contribution in [0.1, 0.15) is 22.5 Å². The minimum atomic E-state index is 0.520. The summed E-state index contributed by atoms with van der Waals surface area (Å²) in [5.41, 5.74) is 6.51. The first kappa shape index (κ1) is 20.7. The lowest BCUT2D eigenvalue weighted by Gasteiger charge is -2.16. The number of hydrogen-bond donors (Lipinski definition) is 1. The van der Waals surface area contributed by atoms with Gasteiger partial charge in [-0.05, 0) is 36.1 Å². The SMILES string of the molecule is COCCn1ccc(Nc2ncc3c(n2)-c2c(nn(C)c2Cc2cccc(Cl)c2)CC3)n1. The zero-order chi connectivity index (χ0) is 22.1. The van der Waals surface area contributed by atoms with Gasteiger partial charge in [0.2, 0.25) is 5.95 Å². The van der Waals surface area contributed by atoms with E-state index in [-0.39, 0.29) is 0 Å². The lowest BCUT2D eigenvalue weighted by molar-refractivity contribution is 0.183. The maximum Gasteiger partial charge on any atom is 0.228 e. The molecule has 32 heavy (non-hydrogen) atoms. The van der Waals surface area contributed by atoms with Crippen LogP contribution in [0.25, 0.3) is 11.3 Å². The number of ether oxygens (including phenoxy) is 1. The van der Waals surface area contributed by atoms with Crippen molar-refractivity contribution < 1.29 is 4.74 Å². The second-order valence-corrected chi connectivity index (χ2v) is 8.28. The molecule has 1 aliphatic carbocycles. The molecule has 3 aromatic heterocycles. The summed E-state index contributed by atoms with van der Waals surface area (Å²) in [4.78, 5) is 9.40. The van der Waals surface area contributed by atoms with E-state index < -0.39 is 0 Å². The Kier molecular flexibility index (Phi) is 5.63. The Labute approximate surface area is 191 Å². The van der Waals surface area contributed by atoms with Crippen molar-refractivity contribution in [2.24, 2.45) is 7.05 Å². The zero-order valence-corrected chi connectivity index (χ0v) is 18.8. The van der Waals surface area contributed by atoms with Gasteiger partial charge >= 0.3 is 0 Å². The summed E-state index contributed by atoms with van der Waals surface area (Å²) in [6, 6.07) is 9.85. The van der Waals surface area contributed by atoms with Crippen LogP contribution in [0.5, 0.6) is 0 Å². The number of nitrogens with zero attached hydrogens (tertiary/aromatic N) is 6. The van der Waals surface area contributed by atoms with E-state index in [4.69, 9.17) is 26.4 Å². The molecule has 0 amide bonds. The molecule has 164 valence electrons. The number of fused-ring (bicyclic) bond motifs is 3. The number of hydrogen-bond acceptors (Lipinski definition) is 6. The molecule has 0 bridgehead atoms. The van der Waals surface area contributed by atoms with Crippen molar-refractivity contribution in [2.75, 3.05) is 19.0 Å². The topological polar surface area (TPSA) is 82.7 Å². The summed E-state index contributed by atoms with van der Waals surface area (Å²) in [6.45, 7) is 1.30. The van der Waals surface area contributed by atoms with Crippen LogP contribution in [0.3, 0.4) is 0 Å². The number of halogens is 1. The molecule has 1 aromatic carbocycles. The zero-order valence-electron chi connectivity index (χ0n) is 18.0. The summed E-state index contributed by atoms with van der Waals surface area (Å²) in [7, 11) is 3.67. The van der Waals surface area contributed by atoms with E-state index in [1.165, 1.54) is 0 Å². The van der Waals surface area contributed by atoms with Crippen LogP contribution >= 0.6 is 11.6 Å². The smallest absolute Gasteiger partial charge is 0.228 e. The summed E-state index contributed by atoms with van der Waals surface area (Å²) < 4.78 is 8.90. The fraction of sp³-hybridized carbons (Fsp3) is 0.304. The summed E-state index contributed by atoms with van der Waals surface area (Å²) in [6.07, 6.45) is 6.30. The van der Waals surface area contributed by atoms with Crippen molar-refractivity contribution in [1.29, 1.82) is 0 Å². The van der Waals surface area contributed by atoms with Gasteiger partial charge < -0.3 is 10.1 Å². The summed E-state index contributed by atoms with van der Waals surface area (Å²) in [5, 5.41) is 13.3. The van der Waals surface area contributed by atoms with E-state index in [1.807, 2.05) is 53.1 Å². The molecule has 5 rings (SSSR count). The molecule has 3 heterocycles. The highest BCUT2D eigenvalue weighted by molar-refractivity contribution is 6.30. The van der Waals surface area contributed by atoms with Crippen molar-refractivity contribution in [2.45, 2.75) is 25.8 Å². The third-order valence-electron chi connectivity index (χ3n) is 5.64. The second kappa shape index (κ2) is 8.72. The van der Waals surface area contributed by atoms with Gasteiger partial charge in [0, 0.05) is 49.6 Å². The molecule has 0 spiro atoms. The van der Waals surface area contributed by atoms with Crippen LogP contribution in [0, 0.1) is 0 Å². The molecule has 1 N–H and O–H groups in total. The van der Waals surface area contributed by atoms with Gasteiger partial charge in [-0.15, -0.1) is 0 Å². The van der Waals surface area contributed by atoms with Crippen LogP contribution < -0.4 is 5.32 Å². The van der Waals surface area contributed by atoms with Gasteiger partial charge in [0.05, 0.1) is 30.2 Å². The molecule has 0 unspecified atom stereocenters. The van der Waals surface area contributed by atoms with E-state index in [0.717, 1.165) is 58.1 Å². The van der Waals surface area contributed by atoms with Gasteiger partial charge in [-0.3, -0.25) is 9.36 Å². The Morgan fingerprint density at radius 2 is 2.09 bits per heavy atom. The maximum atomic E-state index is 6.21. The molecular weight excluding hydrogens is 426 g/mol. The lowest BCUT2D eigenvalue weighted by atomic mass is 9.91. The van der Waals surface area contributed by atoms with E-state index in [2.05, 4.69) is 21.5 Å². The molecule has 0 saturated carbocycles. The Balaban J connectivity index is 1.47. The van der Waals surface area contributed by atoms with Gasteiger partial charge in [0.15, 0.2) is 5.82 Å². The van der Waals surface area contributed by atoms with E-state index in [1.54, 1.807) is 7.11 Å². The van der Waals surface area contributed by atoms with E-state index >= 15 is 0 Å². The van der Waals surface area contributed by atoms with Crippen LogP contribution in [-0.2, 0) is 37.6 Å². The molecule has 9 heteroatoms. The fourth-order valence-electron chi connectivity index (χ4n) is 4.08. The van der Waals surface area contributed by atoms with Gasteiger partial charge in [0.1, 0.15) is 0 Å². The number of aryl methyl sites for hydroxylation is 3. The molecule has 0 atom stereocenters. The molecule has 8 nitrogen and oxygen atoms in total. The van der Waals surface area contributed by atoms with Crippen molar-refractivity contribution in [3.63, 3.8) is 0 Å². The fourth-order valence-corrected chi connectivity index (χ4v) is 4.30. The monoisotopic (exact) mass is 449 g/mol. The summed E-state index contributed by atoms with van der Waals surface area (Å²) in [5.74, 6) is 1.22. The van der Waals surface area contributed by atoms with Crippen molar-refractivity contribution in [3.8, 4) is 11.3 Å². The predicted octanol–water partition coefficient (Wildman–Crippen LogP) is 3.81. The molecule has 4 aromatic rings. The highest BCUT2D eigenvalue weighted by Crippen LogP contribution is 2.36.